The van der Waals surface area contributed by atoms with Crippen LogP contribution in [0.2, 0.25) is 0 Å². The van der Waals surface area contributed by atoms with E-state index in [0.29, 0.717) is 12.3 Å². The third-order valence-electron chi connectivity index (χ3n) is 3.13. The molecule has 0 aliphatic heterocycles. The molecule has 0 aliphatic carbocycles. The molecule has 5 heteroatoms. The van der Waals surface area contributed by atoms with Crippen molar-refractivity contribution in [3.05, 3.63) is 45.1 Å². The molecule has 1 heterocycles. The van der Waals surface area contributed by atoms with E-state index in [0.717, 1.165) is 26.6 Å². The van der Waals surface area contributed by atoms with Gasteiger partial charge >= 0.3 is 5.97 Å². The molecule has 2 aromatic rings. The van der Waals surface area contributed by atoms with Crippen LogP contribution in [0.15, 0.2) is 24.3 Å². The Morgan fingerprint density at radius 3 is 2.60 bits per heavy atom. The van der Waals surface area contributed by atoms with Crippen molar-refractivity contribution in [2.45, 2.75) is 26.8 Å². The first-order valence-corrected chi connectivity index (χ1v) is 7.11. The summed E-state index contributed by atoms with van der Waals surface area (Å²) in [7, 11) is 0. The third-order valence-corrected chi connectivity index (χ3v) is 4.21. The van der Waals surface area contributed by atoms with E-state index >= 15 is 0 Å². The Morgan fingerprint density at radius 2 is 1.90 bits per heavy atom. The number of carbonyl (C=O) groups is 1. The molecule has 0 radical (unpaired) electrons. The summed E-state index contributed by atoms with van der Waals surface area (Å²) in [5.41, 5.74) is 2.57. The van der Waals surface area contributed by atoms with Crippen LogP contribution >= 0.6 is 11.3 Å². The van der Waals surface area contributed by atoms with Gasteiger partial charge in [0.15, 0.2) is 0 Å². The molecule has 2 rings (SSSR count). The molecule has 0 fully saturated rings. The zero-order valence-corrected chi connectivity index (χ0v) is 12.3. The number of anilines is 1. The van der Waals surface area contributed by atoms with Gasteiger partial charge in [-0.25, -0.2) is 0 Å². The van der Waals surface area contributed by atoms with Gasteiger partial charge in [-0.15, -0.1) is 11.3 Å². The van der Waals surface area contributed by atoms with Crippen molar-refractivity contribution in [3.63, 3.8) is 0 Å². The molecule has 0 atom stereocenters. The molecular formula is C15H17NO3S. The summed E-state index contributed by atoms with van der Waals surface area (Å²) >= 11 is 1.49. The molecule has 1 aromatic heterocycles. The van der Waals surface area contributed by atoms with E-state index in [1.165, 1.54) is 11.3 Å². The Balaban J connectivity index is 2.04. The number of hydrogen-bond donors (Lipinski definition) is 3. The summed E-state index contributed by atoms with van der Waals surface area (Å²) in [6.45, 7) is 4.35. The molecule has 20 heavy (non-hydrogen) atoms. The van der Waals surface area contributed by atoms with Gasteiger partial charge in [-0.1, -0.05) is 6.07 Å². The monoisotopic (exact) mass is 291 g/mol. The van der Waals surface area contributed by atoms with Crippen LogP contribution in [-0.2, 0) is 17.8 Å². The molecule has 0 aliphatic rings. The number of thiophene rings is 1. The molecule has 4 nitrogen and oxygen atoms in total. The second-order valence-corrected chi connectivity index (χ2v) is 5.95. The van der Waals surface area contributed by atoms with Gasteiger partial charge in [-0.05, 0) is 37.6 Å². The molecular weight excluding hydrogens is 274 g/mol. The van der Waals surface area contributed by atoms with Gasteiger partial charge < -0.3 is 15.5 Å². The maximum Gasteiger partial charge on any atom is 0.308 e. The van der Waals surface area contributed by atoms with Gasteiger partial charge in [-0.3, -0.25) is 4.79 Å². The van der Waals surface area contributed by atoms with Crippen LogP contribution in [0.5, 0.6) is 5.75 Å². The van der Waals surface area contributed by atoms with Crippen LogP contribution in [0.25, 0.3) is 0 Å². The number of hydrogen-bond acceptors (Lipinski definition) is 4. The normalized spacial score (nSPS) is 10.5. The predicted octanol–water partition coefficient (Wildman–Crippen LogP) is 3.31. The number of carboxylic acid groups (broad SMARTS) is 1. The summed E-state index contributed by atoms with van der Waals surface area (Å²) in [5, 5.41) is 21.9. The molecule has 0 amide bonds. The first kappa shape index (κ1) is 14.4. The Kier molecular flexibility index (Phi) is 4.29. The Bertz CT molecular complexity index is 634. The molecule has 106 valence electrons. The molecule has 0 saturated carbocycles. The SMILES string of the molecule is Cc1ccc(NCc2ccc(CC(=O)O)s2)c(C)c1O. The minimum Gasteiger partial charge on any atom is -0.507 e. The lowest BCUT2D eigenvalue weighted by atomic mass is 10.1. The minimum absolute atomic E-state index is 0.0645. The second-order valence-electron chi connectivity index (χ2n) is 4.70. The Morgan fingerprint density at radius 1 is 1.20 bits per heavy atom. The average Bonchev–Trinajstić information content (AvgIpc) is 2.82. The lowest BCUT2D eigenvalue weighted by Crippen LogP contribution is -2.00. The molecule has 0 bridgehead atoms. The van der Waals surface area contributed by atoms with Crippen molar-refractivity contribution in [2.24, 2.45) is 0 Å². The van der Waals surface area contributed by atoms with Crippen molar-refractivity contribution in [3.8, 4) is 5.75 Å². The van der Waals surface area contributed by atoms with Crippen molar-refractivity contribution in [2.75, 3.05) is 5.32 Å². The second kappa shape index (κ2) is 5.96. The largest absolute Gasteiger partial charge is 0.507 e. The van der Waals surface area contributed by atoms with Gasteiger partial charge in [0, 0.05) is 27.5 Å². The summed E-state index contributed by atoms with van der Waals surface area (Å²) in [4.78, 5) is 12.5. The van der Waals surface area contributed by atoms with E-state index in [-0.39, 0.29) is 6.42 Å². The quantitative estimate of drug-likeness (QED) is 0.790. The van der Waals surface area contributed by atoms with Gasteiger partial charge in [0.1, 0.15) is 5.75 Å². The molecule has 0 spiro atoms. The van der Waals surface area contributed by atoms with Crippen molar-refractivity contribution < 1.29 is 15.0 Å². The zero-order valence-electron chi connectivity index (χ0n) is 11.4. The van der Waals surface area contributed by atoms with Crippen LogP contribution in [-0.4, -0.2) is 16.2 Å². The van der Waals surface area contributed by atoms with E-state index in [9.17, 15) is 9.90 Å². The number of phenols is 1. The molecule has 0 saturated heterocycles. The fourth-order valence-corrected chi connectivity index (χ4v) is 2.92. The fourth-order valence-electron chi connectivity index (χ4n) is 1.97. The maximum absolute atomic E-state index is 10.6. The predicted molar refractivity (Wildman–Crippen MR) is 80.6 cm³/mol. The number of carboxylic acids is 1. The summed E-state index contributed by atoms with van der Waals surface area (Å²) in [6.07, 6.45) is 0.0645. The maximum atomic E-state index is 10.6. The third kappa shape index (κ3) is 3.30. The number of benzene rings is 1. The average molecular weight is 291 g/mol. The summed E-state index contributed by atoms with van der Waals surface area (Å²) in [6, 6.07) is 7.58. The molecule has 1 aromatic carbocycles. The highest BCUT2D eigenvalue weighted by atomic mass is 32.1. The highest BCUT2D eigenvalue weighted by Gasteiger charge is 2.07. The van der Waals surface area contributed by atoms with Gasteiger partial charge in [0.05, 0.1) is 6.42 Å². The van der Waals surface area contributed by atoms with Crippen LogP contribution in [0.3, 0.4) is 0 Å². The first-order valence-electron chi connectivity index (χ1n) is 6.30. The van der Waals surface area contributed by atoms with E-state index < -0.39 is 5.97 Å². The topological polar surface area (TPSA) is 69.6 Å². The van der Waals surface area contributed by atoms with Crippen molar-refractivity contribution >= 4 is 23.0 Å². The van der Waals surface area contributed by atoms with Crippen molar-refractivity contribution in [1.82, 2.24) is 0 Å². The standard InChI is InChI=1S/C15H17NO3S/c1-9-3-6-13(10(2)15(9)19)16-8-12-5-4-11(20-12)7-14(17)18/h3-6,16,19H,7-8H2,1-2H3,(H,17,18). The number of phenolic OH excluding ortho intramolecular Hbond substituents is 1. The Hall–Kier alpha value is -2.01. The summed E-state index contributed by atoms with van der Waals surface area (Å²) in [5.74, 6) is -0.501. The highest BCUT2D eigenvalue weighted by Crippen LogP contribution is 2.28. The number of rotatable bonds is 5. The fraction of sp³-hybridized carbons (Fsp3) is 0.267. The number of nitrogens with one attached hydrogen (secondary N) is 1. The van der Waals surface area contributed by atoms with Crippen LogP contribution in [0.4, 0.5) is 5.69 Å². The lowest BCUT2D eigenvalue weighted by Gasteiger charge is -2.11. The first-order chi connectivity index (χ1) is 9.47. The van der Waals surface area contributed by atoms with E-state index in [2.05, 4.69) is 5.32 Å². The van der Waals surface area contributed by atoms with E-state index in [4.69, 9.17) is 5.11 Å². The summed E-state index contributed by atoms with van der Waals surface area (Å²) < 4.78 is 0. The molecule has 0 unspecified atom stereocenters. The van der Waals surface area contributed by atoms with Crippen LogP contribution < -0.4 is 5.32 Å². The number of aromatic hydroxyl groups is 1. The highest BCUT2D eigenvalue weighted by molar-refractivity contribution is 7.12. The Labute approximate surface area is 121 Å². The van der Waals surface area contributed by atoms with Gasteiger partial charge in [0.25, 0.3) is 0 Å². The smallest absolute Gasteiger partial charge is 0.308 e. The van der Waals surface area contributed by atoms with Gasteiger partial charge in [0.2, 0.25) is 0 Å². The van der Waals surface area contributed by atoms with Crippen molar-refractivity contribution in [1.29, 1.82) is 0 Å². The molecule has 3 N–H and O–H groups in total. The van der Waals surface area contributed by atoms with Gasteiger partial charge in [-0.2, -0.15) is 0 Å². The van der Waals surface area contributed by atoms with E-state index in [1.807, 2.05) is 38.1 Å². The lowest BCUT2D eigenvalue weighted by molar-refractivity contribution is -0.136. The van der Waals surface area contributed by atoms with E-state index in [1.54, 1.807) is 0 Å². The number of aliphatic carboxylic acids is 1. The van der Waals surface area contributed by atoms with Crippen LogP contribution in [0.1, 0.15) is 20.9 Å². The van der Waals surface area contributed by atoms with Crippen LogP contribution in [0, 0.1) is 13.8 Å². The number of aryl methyl sites for hydroxylation is 1. The zero-order chi connectivity index (χ0) is 14.7. The minimum atomic E-state index is -0.814.